The molecular weight excluding hydrogens is 695 g/mol. The molecule has 0 saturated heterocycles. The van der Waals surface area contributed by atoms with Gasteiger partial charge in [-0.2, -0.15) is 0 Å². The number of hydrogen-bond donors (Lipinski definition) is 0. The Morgan fingerprint density at radius 3 is 1.50 bits per heavy atom. The van der Waals surface area contributed by atoms with E-state index in [2.05, 4.69) is 171 Å². The molecule has 0 aliphatic heterocycles. The van der Waals surface area contributed by atoms with Gasteiger partial charge >= 0.3 is 263 Å². The van der Waals surface area contributed by atoms with E-state index < -0.39 is 16.5 Å². The van der Waals surface area contributed by atoms with Crippen LogP contribution in [0, 0.1) is 13.8 Å². The molecule has 2 unspecified atom stereocenters. The zero-order valence-electron chi connectivity index (χ0n) is 26.7. The predicted octanol–water partition coefficient (Wildman–Crippen LogP) is 11.9. The van der Waals surface area contributed by atoms with Gasteiger partial charge in [-0.3, -0.25) is 0 Å². The number of aryl methyl sites for hydroxylation is 2. The summed E-state index contributed by atoms with van der Waals surface area (Å²) in [6.45, 7) is 4.38. The first-order valence-electron chi connectivity index (χ1n) is 16.2. The van der Waals surface area contributed by atoms with Crippen molar-refractivity contribution in [2.45, 2.75) is 41.7 Å². The average molecular weight is 738 g/mol. The molecule has 5 aromatic carbocycles. The molecule has 0 amide bonds. The van der Waals surface area contributed by atoms with Crippen molar-refractivity contribution in [1.82, 2.24) is 0 Å². The zero-order valence-corrected chi connectivity index (χ0v) is 30.3. The van der Waals surface area contributed by atoms with E-state index >= 15 is 0 Å². The van der Waals surface area contributed by atoms with Crippen molar-refractivity contribution in [2.75, 3.05) is 0 Å². The summed E-state index contributed by atoms with van der Waals surface area (Å²) in [7, 11) is 0. The molecule has 7 rings (SSSR count). The number of fused-ring (bicyclic) bond motifs is 2. The van der Waals surface area contributed by atoms with E-state index in [1.165, 1.54) is 61.2 Å². The van der Waals surface area contributed by atoms with Gasteiger partial charge in [0.25, 0.3) is 0 Å². The van der Waals surface area contributed by atoms with Crippen molar-refractivity contribution in [3.63, 3.8) is 0 Å². The SMILES string of the molecule is Cc1cccc(-c2cccc3c2C=C[CH]3[Hf]([CH3])([CH3])([CH3])(=[CH]Cc2ccccc2)[CH]2C=Cc3c(-c4cccc(C)c4)cccc32)c1. The van der Waals surface area contributed by atoms with Gasteiger partial charge in [0.1, 0.15) is 0 Å². The topological polar surface area (TPSA) is 0 Å². The van der Waals surface area contributed by atoms with E-state index in [-0.39, 0.29) is 0 Å². The molecule has 219 valence electrons. The van der Waals surface area contributed by atoms with Crippen LogP contribution in [-0.2, 0) is 23.0 Å². The standard InChI is InChI=1S/2C16H13.C8H8.3CH3.Hf/c2*1-12-5-2-8-14(11-12)16-10-4-7-13-6-3-9-15(13)16;1-2-8-6-4-3-5-7-8;;;;/h2*2-11H,1H3;1,3-7H,2H2;3*1H3;. The molecule has 2 aliphatic carbocycles. The van der Waals surface area contributed by atoms with Gasteiger partial charge in [-0.25, -0.2) is 0 Å². The molecular formula is C43H43Hf. The number of rotatable bonds is 6. The van der Waals surface area contributed by atoms with Gasteiger partial charge in [-0.15, -0.1) is 0 Å². The third-order valence-corrected chi connectivity index (χ3v) is 40.1. The Morgan fingerprint density at radius 2 is 1.02 bits per heavy atom. The third kappa shape index (κ3) is 4.72. The van der Waals surface area contributed by atoms with E-state index in [0.717, 1.165) is 6.42 Å². The van der Waals surface area contributed by atoms with Gasteiger partial charge in [0, 0.05) is 0 Å². The van der Waals surface area contributed by atoms with Crippen molar-refractivity contribution in [3.8, 4) is 22.3 Å². The molecule has 44 heavy (non-hydrogen) atoms. The van der Waals surface area contributed by atoms with Gasteiger partial charge in [0.2, 0.25) is 0 Å². The van der Waals surface area contributed by atoms with Crippen molar-refractivity contribution in [2.24, 2.45) is 0 Å². The Balaban J connectivity index is 1.45. The van der Waals surface area contributed by atoms with Crippen molar-refractivity contribution >= 4 is 15.9 Å². The Kier molecular flexibility index (Phi) is 6.72. The first-order chi connectivity index (χ1) is 21.1. The zero-order chi connectivity index (χ0) is 30.6. The van der Waals surface area contributed by atoms with Crippen LogP contribution in [0.5, 0.6) is 0 Å². The normalized spacial score (nSPS) is 18.4. The summed E-state index contributed by atoms with van der Waals surface area (Å²) in [4.78, 5) is 0. The van der Waals surface area contributed by atoms with Crippen molar-refractivity contribution < 1.29 is 16.5 Å². The molecule has 0 heterocycles. The summed E-state index contributed by atoms with van der Waals surface area (Å²) >= 11 is -4.66. The van der Waals surface area contributed by atoms with Crippen LogP contribution in [-0.4, -0.2) is 3.76 Å². The van der Waals surface area contributed by atoms with E-state index in [9.17, 15) is 0 Å². The Bertz CT molecular complexity index is 1950. The summed E-state index contributed by atoms with van der Waals surface area (Å²) in [6.07, 6.45) is 11.1. The average Bonchev–Trinajstić information content (AvgIpc) is 3.68. The van der Waals surface area contributed by atoms with Crippen LogP contribution in [0.4, 0.5) is 0 Å². The molecule has 5 aromatic rings. The summed E-state index contributed by atoms with van der Waals surface area (Å²) in [5, 5.41) is 0. The van der Waals surface area contributed by atoms with Crippen molar-refractivity contribution in [1.29, 1.82) is 0 Å². The predicted molar refractivity (Wildman–Crippen MR) is 191 cm³/mol. The molecule has 0 aromatic heterocycles. The molecule has 0 radical (unpaired) electrons. The fraction of sp³-hybridized carbons (Fsp3) is 0.186. The molecule has 2 aliphatic rings. The third-order valence-electron chi connectivity index (χ3n) is 11.1. The van der Waals surface area contributed by atoms with E-state index in [4.69, 9.17) is 0 Å². The van der Waals surface area contributed by atoms with Gasteiger partial charge in [0.05, 0.1) is 0 Å². The Labute approximate surface area is 261 Å². The maximum absolute atomic E-state index is 4.66. The fourth-order valence-corrected chi connectivity index (χ4v) is 33.1. The summed E-state index contributed by atoms with van der Waals surface area (Å²) in [6, 6.07) is 43.0. The van der Waals surface area contributed by atoms with Gasteiger partial charge in [-0.05, 0) is 0 Å². The minimum atomic E-state index is -4.66. The van der Waals surface area contributed by atoms with Crippen LogP contribution in [0.25, 0.3) is 34.4 Å². The molecule has 2 atom stereocenters. The molecule has 1 heteroatoms. The molecule has 0 nitrogen and oxygen atoms in total. The van der Waals surface area contributed by atoms with Crippen LogP contribution >= 0.6 is 0 Å². The monoisotopic (exact) mass is 739 g/mol. The van der Waals surface area contributed by atoms with E-state index in [1.807, 2.05) is 0 Å². The van der Waals surface area contributed by atoms with Gasteiger partial charge in [0.15, 0.2) is 0 Å². The molecule has 0 fully saturated rings. The number of allylic oxidation sites excluding steroid dienone is 2. The number of benzene rings is 5. The van der Waals surface area contributed by atoms with Crippen LogP contribution < -0.4 is 0 Å². The Morgan fingerprint density at radius 1 is 0.545 bits per heavy atom. The van der Waals surface area contributed by atoms with E-state index in [1.54, 1.807) is 0 Å². The first kappa shape index (κ1) is 29.1. The van der Waals surface area contributed by atoms with Crippen LogP contribution in [0.15, 0.2) is 127 Å². The van der Waals surface area contributed by atoms with Crippen LogP contribution in [0.2, 0.25) is 14.0 Å². The van der Waals surface area contributed by atoms with Crippen LogP contribution in [0.1, 0.15) is 46.3 Å². The summed E-state index contributed by atoms with van der Waals surface area (Å²) in [5.74, 6) is 0. The molecule has 0 N–H and O–H groups in total. The molecule has 0 spiro atoms. The molecule has 0 bridgehead atoms. The number of hydrogen-bond acceptors (Lipinski definition) is 0. The van der Waals surface area contributed by atoms with E-state index in [0.29, 0.717) is 7.35 Å². The van der Waals surface area contributed by atoms with Crippen molar-refractivity contribution in [3.05, 3.63) is 166 Å². The molecule has 0 saturated carbocycles. The van der Waals surface area contributed by atoms with Gasteiger partial charge < -0.3 is 0 Å². The summed E-state index contributed by atoms with van der Waals surface area (Å²) in [5.41, 5.74) is 15.1. The second-order valence-electron chi connectivity index (χ2n) is 15.5. The Hall–Kier alpha value is -3.68. The minimum absolute atomic E-state index is 0.372. The quantitative estimate of drug-likeness (QED) is 0.152. The maximum atomic E-state index is 2.86. The first-order valence-corrected chi connectivity index (χ1v) is 33.2. The fourth-order valence-electron chi connectivity index (χ4n) is 8.50. The van der Waals surface area contributed by atoms with Crippen LogP contribution in [0.3, 0.4) is 0 Å². The summed E-state index contributed by atoms with van der Waals surface area (Å²) < 4.78 is 11.8. The van der Waals surface area contributed by atoms with Gasteiger partial charge in [-0.1, -0.05) is 0 Å². The second-order valence-corrected chi connectivity index (χ2v) is 54.5. The second kappa shape index (κ2) is 10.2.